The highest BCUT2D eigenvalue weighted by molar-refractivity contribution is 6.17. The summed E-state index contributed by atoms with van der Waals surface area (Å²) in [5.41, 5.74) is 7.60. The zero-order valence-corrected chi connectivity index (χ0v) is 18.8. The van der Waals surface area contributed by atoms with Crippen LogP contribution in [0.5, 0.6) is 0 Å². The molecular weight excluding hydrogens is 366 g/mol. The highest BCUT2D eigenvalue weighted by atomic mass is 16.1. The molecule has 0 amide bonds. The Bertz CT molecular complexity index is 965. The number of ketones is 1. The number of Topliss-reactive ketones (excluding diaryl/α,β-unsaturated/α-hetero) is 1. The third-order valence-corrected chi connectivity index (χ3v) is 5.50. The van der Waals surface area contributed by atoms with Gasteiger partial charge in [-0.05, 0) is 60.6 Å². The minimum Gasteiger partial charge on any atom is -0.289 e. The Morgan fingerprint density at radius 1 is 1.10 bits per heavy atom. The van der Waals surface area contributed by atoms with Gasteiger partial charge in [0, 0.05) is 23.5 Å². The Hall–Kier alpha value is -3.00. The number of allylic oxidation sites excluding steroid dienone is 12. The molecular formula is C28H33NO. The van der Waals surface area contributed by atoms with Crippen molar-refractivity contribution >= 4 is 11.4 Å². The standard InChI is InChI=1S/C28H33NO/c1-7-11-12-15-25-23(9-3)24(10-4)28(30)27(20(5)8-2)26(25)17-16-21(6)22-14-13-18-29-19-22/h9-10,13-19H,3-4,7-8,11-12H2,1-2,5-6H3/b21-16+,25-15-,26-17-,27-20-. The van der Waals surface area contributed by atoms with E-state index in [4.69, 9.17) is 0 Å². The van der Waals surface area contributed by atoms with Gasteiger partial charge in [-0.25, -0.2) is 0 Å². The lowest BCUT2D eigenvalue weighted by atomic mass is 9.76. The van der Waals surface area contributed by atoms with Gasteiger partial charge in [-0.15, -0.1) is 0 Å². The van der Waals surface area contributed by atoms with Crippen LogP contribution in [0.25, 0.3) is 5.57 Å². The number of carbonyl (C=O) groups excluding carboxylic acids is 1. The first-order valence-electron chi connectivity index (χ1n) is 10.7. The molecule has 0 aliphatic heterocycles. The zero-order valence-electron chi connectivity index (χ0n) is 18.8. The van der Waals surface area contributed by atoms with E-state index in [1.807, 2.05) is 25.3 Å². The first-order valence-corrected chi connectivity index (χ1v) is 10.7. The van der Waals surface area contributed by atoms with E-state index >= 15 is 0 Å². The van der Waals surface area contributed by atoms with Crippen molar-refractivity contribution < 1.29 is 4.79 Å². The van der Waals surface area contributed by atoms with Crippen LogP contribution in [0.3, 0.4) is 0 Å². The number of rotatable bonds is 8. The normalized spacial score (nSPS) is 19.5. The highest BCUT2D eigenvalue weighted by Crippen LogP contribution is 2.39. The van der Waals surface area contributed by atoms with Gasteiger partial charge in [-0.2, -0.15) is 0 Å². The molecule has 1 aliphatic carbocycles. The van der Waals surface area contributed by atoms with Crippen LogP contribution in [0, 0.1) is 0 Å². The molecule has 30 heavy (non-hydrogen) atoms. The van der Waals surface area contributed by atoms with Crippen LogP contribution in [-0.4, -0.2) is 10.8 Å². The largest absolute Gasteiger partial charge is 0.289 e. The van der Waals surface area contributed by atoms with Gasteiger partial charge >= 0.3 is 0 Å². The number of aromatic nitrogens is 1. The molecule has 0 unspecified atom stereocenters. The van der Waals surface area contributed by atoms with E-state index in [2.05, 4.69) is 57.1 Å². The minimum absolute atomic E-state index is 0.0329. The summed E-state index contributed by atoms with van der Waals surface area (Å²) in [7, 11) is 0. The first kappa shape index (κ1) is 23.3. The molecule has 1 heterocycles. The van der Waals surface area contributed by atoms with Crippen LogP contribution in [0.1, 0.15) is 58.9 Å². The summed E-state index contributed by atoms with van der Waals surface area (Å²) in [5.74, 6) is 0.0329. The van der Waals surface area contributed by atoms with Gasteiger partial charge in [0.05, 0.1) is 0 Å². The van der Waals surface area contributed by atoms with E-state index in [0.29, 0.717) is 5.57 Å². The Morgan fingerprint density at radius 3 is 2.40 bits per heavy atom. The van der Waals surface area contributed by atoms with Crippen molar-refractivity contribution in [2.75, 3.05) is 0 Å². The Morgan fingerprint density at radius 2 is 1.83 bits per heavy atom. The van der Waals surface area contributed by atoms with E-state index in [1.165, 1.54) is 0 Å². The minimum atomic E-state index is 0.0329. The summed E-state index contributed by atoms with van der Waals surface area (Å²) >= 11 is 0. The van der Waals surface area contributed by atoms with Crippen molar-refractivity contribution in [3.63, 3.8) is 0 Å². The summed E-state index contributed by atoms with van der Waals surface area (Å²) in [6.45, 7) is 16.3. The fourth-order valence-corrected chi connectivity index (χ4v) is 3.57. The molecule has 0 atom stereocenters. The number of hydrogen-bond donors (Lipinski definition) is 0. The maximum Gasteiger partial charge on any atom is 0.194 e. The molecule has 0 spiro atoms. The lowest BCUT2D eigenvalue weighted by molar-refractivity contribution is -0.111. The average molecular weight is 400 g/mol. The fourth-order valence-electron chi connectivity index (χ4n) is 3.57. The number of unbranched alkanes of at least 4 members (excludes halogenated alkanes) is 2. The maximum absolute atomic E-state index is 13.4. The Kier molecular flexibility index (Phi) is 8.73. The van der Waals surface area contributed by atoms with Crippen LogP contribution >= 0.6 is 0 Å². The highest BCUT2D eigenvalue weighted by Gasteiger charge is 2.30. The molecule has 156 valence electrons. The van der Waals surface area contributed by atoms with Gasteiger partial charge < -0.3 is 0 Å². The van der Waals surface area contributed by atoms with Crippen molar-refractivity contribution in [2.45, 2.75) is 53.4 Å². The van der Waals surface area contributed by atoms with E-state index in [0.717, 1.165) is 64.7 Å². The van der Waals surface area contributed by atoms with Gasteiger partial charge in [0.25, 0.3) is 0 Å². The lowest BCUT2D eigenvalue weighted by Crippen LogP contribution is -2.19. The second-order valence-corrected chi connectivity index (χ2v) is 7.51. The van der Waals surface area contributed by atoms with Gasteiger partial charge in [-0.3, -0.25) is 9.78 Å². The van der Waals surface area contributed by atoms with Gasteiger partial charge in [0.1, 0.15) is 0 Å². The molecule has 0 fully saturated rings. The number of nitrogens with zero attached hydrogens (tertiary/aromatic N) is 1. The topological polar surface area (TPSA) is 30.0 Å². The second kappa shape index (κ2) is 11.3. The summed E-state index contributed by atoms with van der Waals surface area (Å²) < 4.78 is 0. The molecule has 0 N–H and O–H groups in total. The monoisotopic (exact) mass is 399 g/mol. The molecule has 0 saturated heterocycles. The van der Waals surface area contributed by atoms with Crippen molar-refractivity contribution in [3.8, 4) is 0 Å². The zero-order chi connectivity index (χ0) is 22.1. The van der Waals surface area contributed by atoms with Crippen LogP contribution in [0.15, 0.2) is 102 Å². The maximum atomic E-state index is 13.4. The van der Waals surface area contributed by atoms with Gasteiger partial charge in [0.2, 0.25) is 0 Å². The molecule has 0 bridgehead atoms. The third kappa shape index (κ3) is 5.13. The van der Waals surface area contributed by atoms with E-state index in [-0.39, 0.29) is 5.78 Å². The second-order valence-electron chi connectivity index (χ2n) is 7.51. The molecule has 1 aromatic heterocycles. The summed E-state index contributed by atoms with van der Waals surface area (Å²) in [6, 6.07) is 3.97. The van der Waals surface area contributed by atoms with Crippen molar-refractivity contribution in [1.29, 1.82) is 0 Å². The van der Waals surface area contributed by atoms with Gasteiger partial charge in [0.15, 0.2) is 5.78 Å². The van der Waals surface area contributed by atoms with E-state index in [9.17, 15) is 4.79 Å². The third-order valence-electron chi connectivity index (χ3n) is 5.50. The number of carbonyl (C=O) groups is 1. The Labute approximate surface area is 181 Å². The molecule has 0 saturated carbocycles. The number of hydrogen-bond acceptors (Lipinski definition) is 2. The van der Waals surface area contributed by atoms with Gasteiger partial charge in [-0.1, -0.05) is 81.9 Å². The smallest absolute Gasteiger partial charge is 0.194 e. The number of pyridine rings is 1. The van der Waals surface area contributed by atoms with E-state index in [1.54, 1.807) is 18.3 Å². The van der Waals surface area contributed by atoms with Crippen LogP contribution < -0.4 is 0 Å². The van der Waals surface area contributed by atoms with Crippen molar-refractivity contribution in [2.24, 2.45) is 0 Å². The predicted octanol–water partition coefficient (Wildman–Crippen LogP) is 7.51. The summed E-state index contributed by atoms with van der Waals surface area (Å²) in [5, 5.41) is 0. The van der Waals surface area contributed by atoms with E-state index < -0.39 is 0 Å². The fraction of sp³-hybridized carbons (Fsp3) is 0.286. The molecule has 1 aliphatic rings. The molecule has 2 rings (SSSR count). The summed E-state index contributed by atoms with van der Waals surface area (Å²) in [6.07, 6.45) is 17.5. The summed E-state index contributed by atoms with van der Waals surface area (Å²) in [4.78, 5) is 17.6. The van der Waals surface area contributed by atoms with Crippen molar-refractivity contribution in [3.05, 3.63) is 107 Å². The molecule has 0 aromatic carbocycles. The predicted molar refractivity (Wildman–Crippen MR) is 129 cm³/mol. The van der Waals surface area contributed by atoms with Crippen molar-refractivity contribution in [1.82, 2.24) is 4.98 Å². The lowest BCUT2D eigenvalue weighted by Gasteiger charge is -2.26. The van der Waals surface area contributed by atoms with Crippen LogP contribution in [-0.2, 0) is 4.79 Å². The molecule has 0 radical (unpaired) electrons. The van der Waals surface area contributed by atoms with Crippen LogP contribution in [0.4, 0.5) is 0 Å². The molecule has 1 aromatic rings. The average Bonchev–Trinajstić information content (AvgIpc) is 2.78. The molecule has 2 heteroatoms. The SMILES string of the molecule is C=CC1=C(C=C)C(=C/CCCC)/C(=C/C=C(\C)c2cccnc2)C(=C(\C)CC)/C1=O. The quantitative estimate of drug-likeness (QED) is 0.334. The van der Waals surface area contributed by atoms with Crippen LogP contribution in [0.2, 0.25) is 0 Å². The molecule has 2 nitrogen and oxygen atoms in total. The first-order chi connectivity index (χ1) is 14.5. The Balaban J connectivity index is 2.76.